The van der Waals surface area contributed by atoms with E-state index < -0.39 is 44.0 Å². The maximum Gasteiger partial charge on any atom is 0.478 e. The highest BCUT2D eigenvalue weighted by atomic mass is 32.1. The predicted molar refractivity (Wildman–Crippen MR) is 100 cm³/mol. The number of phosphoric acid groups is 1. The quantitative estimate of drug-likeness (QED) is 0.354. The Hall–Kier alpha value is -1.85. The molecule has 0 radical (unpaired) electrons. The maximum atomic E-state index is 12.7. The van der Waals surface area contributed by atoms with E-state index in [-0.39, 0.29) is 19.6 Å². The van der Waals surface area contributed by atoms with Crippen LogP contribution in [0.1, 0.15) is 35.6 Å². The molecule has 0 saturated carbocycles. The molecule has 1 aromatic rings. The number of hydrogen-bond donors (Lipinski definition) is 1. The van der Waals surface area contributed by atoms with E-state index in [1.165, 1.54) is 12.6 Å². The first-order valence-corrected chi connectivity index (χ1v) is 10.9. The summed E-state index contributed by atoms with van der Waals surface area (Å²) in [5, 5.41) is 2.52. The predicted octanol–water partition coefficient (Wildman–Crippen LogP) is 1.81. The first kappa shape index (κ1) is 23.4. The fourth-order valence-electron chi connectivity index (χ4n) is 2.28. The number of hydrogen-bond acceptors (Lipinski definition) is 11. The molecule has 2 atom stereocenters. The fourth-order valence-corrected chi connectivity index (χ4v) is 4.49. The number of aryl methyl sites for hydroxylation is 1. The number of aromatic nitrogens is 1. The van der Waals surface area contributed by atoms with Gasteiger partial charge in [-0.2, -0.15) is 0 Å². The van der Waals surface area contributed by atoms with E-state index in [4.69, 9.17) is 18.3 Å². The number of carbonyl (C=O) groups is 3. The van der Waals surface area contributed by atoms with Crippen molar-refractivity contribution in [3.8, 4) is 0 Å². The third-order valence-electron chi connectivity index (χ3n) is 3.96. The summed E-state index contributed by atoms with van der Waals surface area (Å²) in [4.78, 5) is 39.7. The zero-order chi connectivity index (χ0) is 21.7. The fraction of sp³-hybridized carbons (Fsp3) is 0.625. The SMILES string of the molecule is COC(=O)CCNC(=O)[C@@H]1OP(=O)(OCOC(=O)c2scnc2C)OCC1(C)C. The van der Waals surface area contributed by atoms with Crippen LogP contribution in [-0.2, 0) is 37.2 Å². The van der Waals surface area contributed by atoms with Gasteiger partial charge in [-0.1, -0.05) is 13.8 Å². The molecule has 0 spiro atoms. The average molecular weight is 450 g/mol. The summed E-state index contributed by atoms with van der Waals surface area (Å²) in [7, 11) is -2.91. The van der Waals surface area contributed by atoms with Crippen molar-refractivity contribution in [2.45, 2.75) is 33.3 Å². The molecule has 1 N–H and O–H groups in total. The zero-order valence-corrected chi connectivity index (χ0v) is 18.2. The molecule has 1 fully saturated rings. The van der Waals surface area contributed by atoms with Crippen molar-refractivity contribution < 1.29 is 42.0 Å². The Balaban J connectivity index is 1.91. The Morgan fingerprint density at radius 2 is 2.14 bits per heavy atom. The van der Waals surface area contributed by atoms with Gasteiger partial charge in [0.05, 0.1) is 31.3 Å². The van der Waals surface area contributed by atoms with Crippen LogP contribution in [0, 0.1) is 12.3 Å². The van der Waals surface area contributed by atoms with Gasteiger partial charge in [-0.15, -0.1) is 11.3 Å². The number of carbonyl (C=O) groups excluding carboxylic acids is 3. The van der Waals surface area contributed by atoms with Gasteiger partial charge >= 0.3 is 19.8 Å². The van der Waals surface area contributed by atoms with Crippen molar-refractivity contribution in [3.05, 3.63) is 16.1 Å². The maximum absolute atomic E-state index is 12.7. The van der Waals surface area contributed by atoms with Gasteiger partial charge in [0.25, 0.3) is 0 Å². The van der Waals surface area contributed by atoms with Gasteiger partial charge in [0.15, 0.2) is 6.10 Å². The van der Waals surface area contributed by atoms with Crippen LogP contribution in [0.2, 0.25) is 0 Å². The lowest BCUT2D eigenvalue weighted by atomic mass is 9.87. The standard InChI is InChI=1S/C16H23N2O9PS/c1-10-12(29-8-18-10)15(21)24-9-26-28(22)25-7-16(2,3)13(27-28)14(20)17-6-5-11(19)23-4/h8,13H,5-7,9H2,1-4H3,(H,17,20)/t13-,28?/m0/s1. The first-order chi connectivity index (χ1) is 13.6. The minimum absolute atomic E-state index is 0.0208. The van der Waals surface area contributed by atoms with E-state index >= 15 is 0 Å². The van der Waals surface area contributed by atoms with Gasteiger partial charge < -0.3 is 14.8 Å². The second-order valence-electron chi connectivity index (χ2n) is 6.76. The highest BCUT2D eigenvalue weighted by Crippen LogP contribution is 2.57. The highest BCUT2D eigenvalue weighted by molar-refractivity contribution is 7.48. The number of thiazole rings is 1. The number of phosphoric ester groups is 1. The summed E-state index contributed by atoms with van der Waals surface area (Å²) >= 11 is 1.10. The summed E-state index contributed by atoms with van der Waals surface area (Å²) in [6.45, 7) is 4.27. The number of ether oxygens (including phenoxy) is 2. The first-order valence-electron chi connectivity index (χ1n) is 8.57. The van der Waals surface area contributed by atoms with Crippen molar-refractivity contribution in [3.63, 3.8) is 0 Å². The second kappa shape index (κ2) is 9.77. The van der Waals surface area contributed by atoms with Crippen LogP contribution >= 0.6 is 19.2 Å². The number of amides is 1. The molecule has 1 aliphatic heterocycles. The van der Waals surface area contributed by atoms with Crippen molar-refractivity contribution in [2.24, 2.45) is 5.41 Å². The topological polar surface area (TPSA) is 139 Å². The molecule has 29 heavy (non-hydrogen) atoms. The van der Waals surface area contributed by atoms with Crippen LogP contribution in [0.15, 0.2) is 5.51 Å². The van der Waals surface area contributed by atoms with E-state index in [0.29, 0.717) is 10.6 Å². The molecule has 1 amide bonds. The second-order valence-corrected chi connectivity index (χ2v) is 9.23. The third-order valence-corrected chi connectivity index (χ3v) is 6.21. The zero-order valence-electron chi connectivity index (χ0n) is 16.5. The van der Waals surface area contributed by atoms with Crippen LogP contribution in [0.4, 0.5) is 0 Å². The van der Waals surface area contributed by atoms with Crippen LogP contribution in [0.5, 0.6) is 0 Å². The Bertz CT molecular complexity index is 810. The average Bonchev–Trinajstić information content (AvgIpc) is 3.09. The van der Waals surface area contributed by atoms with E-state index in [1.807, 2.05) is 0 Å². The number of nitrogens with zero attached hydrogens (tertiary/aromatic N) is 1. The largest absolute Gasteiger partial charge is 0.478 e. The van der Waals surface area contributed by atoms with Gasteiger partial charge in [-0.05, 0) is 6.92 Å². The number of rotatable bonds is 8. The highest BCUT2D eigenvalue weighted by Gasteiger charge is 2.49. The van der Waals surface area contributed by atoms with Gasteiger partial charge in [0.2, 0.25) is 12.7 Å². The summed E-state index contributed by atoms with van der Waals surface area (Å²) in [5.41, 5.74) is 1.18. The lowest BCUT2D eigenvalue weighted by molar-refractivity contribution is -0.144. The molecule has 1 saturated heterocycles. The number of nitrogens with one attached hydrogen (secondary N) is 1. The third kappa shape index (κ3) is 6.31. The lowest BCUT2D eigenvalue weighted by Crippen LogP contribution is -2.50. The van der Waals surface area contributed by atoms with Crippen LogP contribution in [-0.4, -0.2) is 56.0 Å². The van der Waals surface area contributed by atoms with Crippen molar-refractivity contribution in [1.82, 2.24) is 10.3 Å². The van der Waals surface area contributed by atoms with Gasteiger partial charge in [0.1, 0.15) is 4.88 Å². The summed E-state index contributed by atoms with van der Waals surface area (Å²) in [6.07, 6.45) is -1.19. The molecule has 1 aromatic heterocycles. The van der Waals surface area contributed by atoms with E-state index in [2.05, 4.69) is 15.0 Å². The molecule has 2 rings (SSSR count). The van der Waals surface area contributed by atoms with E-state index in [9.17, 15) is 18.9 Å². The molecule has 2 heterocycles. The van der Waals surface area contributed by atoms with Crippen molar-refractivity contribution in [2.75, 3.05) is 27.1 Å². The molecular weight excluding hydrogens is 427 g/mol. The monoisotopic (exact) mass is 450 g/mol. The summed E-state index contributed by atoms with van der Waals surface area (Å²) in [6, 6.07) is 0. The number of methoxy groups -OCH3 is 1. The molecule has 0 aromatic carbocycles. The molecule has 0 bridgehead atoms. The Labute approximate surface area is 171 Å². The Morgan fingerprint density at radius 3 is 2.76 bits per heavy atom. The van der Waals surface area contributed by atoms with Gasteiger partial charge in [0, 0.05) is 12.0 Å². The molecule has 1 aliphatic rings. The minimum Gasteiger partial charge on any atom is -0.469 e. The van der Waals surface area contributed by atoms with Crippen molar-refractivity contribution in [1.29, 1.82) is 0 Å². The Morgan fingerprint density at radius 1 is 1.41 bits per heavy atom. The van der Waals surface area contributed by atoms with E-state index in [0.717, 1.165) is 11.3 Å². The smallest absolute Gasteiger partial charge is 0.469 e. The molecule has 11 nitrogen and oxygen atoms in total. The lowest BCUT2D eigenvalue weighted by Gasteiger charge is -2.39. The van der Waals surface area contributed by atoms with Gasteiger partial charge in [-0.25, -0.2) is 18.9 Å². The molecule has 13 heteroatoms. The summed E-state index contributed by atoms with van der Waals surface area (Å²) in [5.74, 6) is -1.75. The molecule has 1 unspecified atom stereocenters. The molecule has 162 valence electrons. The van der Waals surface area contributed by atoms with Crippen molar-refractivity contribution >= 4 is 37.0 Å². The van der Waals surface area contributed by atoms with E-state index in [1.54, 1.807) is 20.8 Å². The van der Waals surface area contributed by atoms with Crippen LogP contribution in [0.25, 0.3) is 0 Å². The van der Waals surface area contributed by atoms with Gasteiger partial charge in [-0.3, -0.25) is 18.6 Å². The molecular formula is C16H23N2O9PS. The molecule has 0 aliphatic carbocycles. The normalized spacial score (nSPS) is 23.2. The minimum atomic E-state index is -4.15. The summed E-state index contributed by atoms with van der Waals surface area (Å²) < 4.78 is 37.6. The Kier molecular flexibility index (Phi) is 7.89. The van der Waals surface area contributed by atoms with Crippen LogP contribution in [0.3, 0.4) is 0 Å². The number of esters is 2. The van der Waals surface area contributed by atoms with Crippen LogP contribution < -0.4 is 5.32 Å².